The minimum Gasteiger partial charge on any atom is -0.483 e. The molecule has 116 valence electrons. The SMILES string of the molecule is CC1C(=O)NN=C2COc3cc(Br)c(CC4CCC4)cc3N21. The van der Waals surface area contributed by atoms with Crippen LogP contribution in [0.2, 0.25) is 0 Å². The summed E-state index contributed by atoms with van der Waals surface area (Å²) in [5.41, 5.74) is 4.79. The number of nitrogens with zero attached hydrogens (tertiary/aromatic N) is 2. The van der Waals surface area contributed by atoms with Gasteiger partial charge in [-0.15, -0.1) is 0 Å². The standard InChI is InChI=1S/C16H18BrN3O2/c1-9-16(21)19-18-15-8-22-14-7-12(17)11(5-10-3-2-4-10)6-13(14)20(9)15/h6-7,9-10H,2-5,8H2,1H3,(H,19,21). The van der Waals surface area contributed by atoms with Crippen molar-refractivity contribution in [1.29, 1.82) is 0 Å². The zero-order valence-corrected chi connectivity index (χ0v) is 14.0. The Kier molecular flexibility index (Phi) is 3.36. The third kappa shape index (κ3) is 2.20. The molecule has 4 rings (SSSR count). The Morgan fingerprint density at radius 1 is 1.45 bits per heavy atom. The normalized spacial score (nSPS) is 23.7. The van der Waals surface area contributed by atoms with Gasteiger partial charge in [0.2, 0.25) is 0 Å². The maximum Gasteiger partial charge on any atom is 0.262 e. The fourth-order valence-electron chi connectivity index (χ4n) is 3.25. The predicted octanol–water partition coefficient (Wildman–Crippen LogP) is 2.82. The first-order valence-electron chi connectivity index (χ1n) is 7.74. The number of anilines is 1. The lowest BCUT2D eigenvalue weighted by atomic mass is 9.81. The van der Waals surface area contributed by atoms with E-state index < -0.39 is 0 Å². The third-order valence-corrected chi connectivity index (χ3v) is 5.56. The Hall–Kier alpha value is -1.56. The van der Waals surface area contributed by atoms with Crippen LogP contribution in [-0.2, 0) is 11.2 Å². The molecule has 1 saturated carbocycles. The van der Waals surface area contributed by atoms with Gasteiger partial charge in [0.05, 0.1) is 5.69 Å². The number of hydrogen-bond donors (Lipinski definition) is 1. The fraction of sp³-hybridized carbons (Fsp3) is 0.500. The molecular formula is C16H18BrN3O2. The number of rotatable bonds is 2. The number of nitrogens with one attached hydrogen (secondary N) is 1. The first kappa shape index (κ1) is 14.1. The Bertz CT molecular complexity index is 670. The highest BCUT2D eigenvalue weighted by molar-refractivity contribution is 9.10. The van der Waals surface area contributed by atoms with E-state index in [1.54, 1.807) is 0 Å². The number of fused-ring (bicyclic) bond motifs is 3. The summed E-state index contributed by atoms with van der Waals surface area (Å²) in [6.45, 7) is 2.28. The molecule has 2 aliphatic heterocycles. The van der Waals surface area contributed by atoms with E-state index in [4.69, 9.17) is 4.74 Å². The number of carbonyl (C=O) groups is 1. The number of ether oxygens (including phenoxy) is 1. The Balaban J connectivity index is 1.74. The van der Waals surface area contributed by atoms with Crippen molar-refractivity contribution in [2.45, 2.75) is 38.6 Å². The van der Waals surface area contributed by atoms with Gasteiger partial charge in [-0.05, 0) is 37.0 Å². The molecule has 0 saturated heterocycles. The van der Waals surface area contributed by atoms with E-state index in [0.717, 1.165) is 34.1 Å². The van der Waals surface area contributed by atoms with Crippen LogP contribution in [0.5, 0.6) is 5.75 Å². The maximum atomic E-state index is 11.9. The average molecular weight is 364 g/mol. The van der Waals surface area contributed by atoms with Gasteiger partial charge in [-0.1, -0.05) is 35.2 Å². The van der Waals surface area contributed by atoms with Gasteiger partial charge in [-0.2, -0.15) is 5.10 Å². The zero-order valence-electron chi connectivity index (χ0n) is 12.4. The molecule has 1 aliphatic carbocycles. The highest BCUT2D eigenvalue weighted by Gasteiger charge is 2.35. The van der Waals surface area contributed by atoms with Gasteiger partial charge in [0.25, 0.3) is 5.91 Å². The number of benzene rings is 1. The second-order valence-corrected chi connectivity index (χ2v) is 7.11. The van der Waals surface area contributed by atoms with E-state index in [1.165, 1.54) is 24.8 Å². The van der Waals surface area contributed by atoms with Crippen molar-refractivity contribution in [2.75, 3.05) is 11.5 Å². The van der Waals surface area contributed by atoms with Gasteiger partial charge in [0, 0.05) is 4.47 Å². The van der Waals surface area contributed by atoms with Crippen LogP contribution >= 0.6 is 15.9 Å². The van der Waals surface area contributed by atoms with Crippen LogP contribution in [0.1, 0.15) is 31.7 Å². The average Bonchev–Trinajstić information content (AvgIpc) is 2.46. The van der Waals surface area contributed by atoms with Crippen LogP contribution in [0.25, 0.3) is 0 Å². The van der Waals surface area contributed by atoms with Crippen LogP contribution < -0.4 is 15.1 Å². The summed E-state index contributed by atoms with van der Waals surface area (Å²) in [7, 11) is 0. The number of amidine groups is 1. The van der Waals surface area contributed by atoms with Crippen LogP contribution in [0.4, 0.5) is 5.69 Å². The van der Waals surface area contributed by atoms with Gasteiger partial charge in [-0.25, -0.2) is 5.43 Å². The third-order valence-electron chi connectivity index (χ3n) is 4.82. The molecule has 1 unspecified atom stereocenters. The number of halogens is 1. The highest BCUT2D eigenvalue weighted by atomic mass is 79.9. The quantitative estimate of drug-likeness (QED) is 0.878. The second kappa shape index (κ2) is 5.26. The largest absolute Gasteiger partial charge is 0.483 e. The van der Waals surface area contributed by atoms with Crippen molar-refractivity contribution in [1.82, 2.24) is 5.43 Å². The van der Waals surface area contributed by atoms with E-state index >= 15 is 0 Å². The lowest BCUT2D eigenvalue weighted by Gasteiger charge is -2.38. The molecular weight excluding hydrogens is 346 g/mol. The lowest BCUT2D eigenvalue weighted by molar-refractivity contribution is -0.122. The van der Waals surface area contributed by atoms with Crippen molar-refractivity contribution < 1.29 is 9.53 Å². The first-order chi connectivity index (χ1) is 10.6. The maximum absolute atomic E-state index is 11.9. The van der Waals surface area contributed by atoms with E-state index in [9.17, 15) is 4.79 Å². The summed E-state index contributed by atoms with van der Waals surface area (Å²) in [4.78, 5) is 13.9. The summed E-state index contributed by atoms with van der Waals surface area (Å²) < 4.78 is 6.89. The summed E-state index contributed by atoms with van der Waals surface area (Å²) >= 11 is 3.66. The molecule has 1 atom stereocenters. The summed E-state index contributed by atoms with van der Waals surface area (Å²) in [6, 6.07) is 3.91. The van der Waals surface area contributed by atoms with Crippen molar-refractivity contribution in [3.8, 4) is 5.75 Å². The van der Waals surface area contributed by atoms with Gasteiger partial charge in [0.15, 0.2) is 5.84 Å². The van der Waals surface area contributed by atoms with Gasteiger partial charge in [0.1, 0.15) is 18.4 Å². The predicted molar refractivity (Wildman–Crippen MR) is 88.2 cm³/mol. The van der Waals surface area contributed by atoms with Gasteiger partial charge >= 0.3 is 0 Å². The van der Waals surface area contributed by atoms with E-state index in [0.29, 0.717) is 6.61 Å². The van der Waals surface area contributed by atoms with Crippen molar-refractivity contribution in [2.24, 2.45) is 11.0 Å². The van der Waals surface area contributed by atoms with E-state index in [-0.39, 0.29) is 11.9 Å². The number of hydrazone groups is 1. The molecule has 1 fully saturated rings. The molecule has 0 spiro atoms. The molecule has 2 heterocycles. The Labute approximate surface area is 137 Å². The van der Waals surface area contributed by atoms with Crippen LogP contribution in [-0.4, -0.2) is 24.4 Å². The molecule has 1 aromatic carbocycles. The van der Waals surface area contributed by atoms with Crippen LogP contribution in [0.15, 0.2) is 21.7 Å². The summed E-state index contributed by atoms with van der Waals surface area (Å²) in [5, 5.41) is 4.13. The highest BCUT2D eigenvalue weighted by Crippen LogP contribution is 2.41. The molecule has 1 N–H and O–H groups in total. The molecule has 0 aromatic heterocycles. The van der Waals surface area contributed by atoms with Crippen LogP contribution in [0, 0.1) is 5.92 Å². The lowest BCUT2D eigenvalue weighted by Crippen LogP contribution is -2.55. The Morgan fingerprint density at radius 3 is 3.00 bits per heavy atom. The molecule has 22 heavy (non-hydrogen) atoms. The van der Waals surface area contributed by atoms with Crippen molar-refractivity contribution in [3.63, 3.8) is 0 Å². The van der Waals surface area contributed by atoms with E-state index in [2.05, 4.69) is 32.5 Å². The van der Waals surface area contributed by atoms with Crippen molar-refractivity contribution >= 4 is 33.4 Å². The van der Waals surface area contributed by atoms with E-state index in [1.807, 2.05) is 17.9 Å². The van der Waals surface area contributed by atoms with Gasteiger partial charge < -0.3 is 9.64 Å². The van der Waals surface area contributed by atoms with Crippen molar-refractivity contribution in [3.05, 3.63) is 22.2 Å². The molecule has 1 amide bonds. The van der Waals surface area contributed by atoms with Crippen LogP contribution in [0.3, 0.4) is 0 Å². The molecule has 3 aliphatic rings. The second-order valence-electron chi connectivity index (χ2n) is 6.25. The summed E-state index contributed by atoms with van der Waals surface area (Å²) in [6.07, 6.45) is 5.05. The van der Waals surface area contributed by atoms with Gasteiger partial charge in [-0.3, -0.25) is 4.79 Å². The zero-order chi connectivity index (χ0) is 15.3. The molecule has 6 heteroatoms. The molecule has 5 nitrogen and oxygen atoms in total. The molecule has 0 radical (unpaired) electrons. The first-order valence-corrected chi connectivity index (χ1v) is 8.53. The summed E-state index contributed by atoms with van der Waals surface area (Å²) in [5.74, 6) is 2.27. The topological polar surface area (TPSA) is 53.9 Å². The number of hydrogen-bond acceptors (Lipinski definition) is 4. The minimum atomic E-state index is -0.270. The minimum absolute atomic E-state index is 0.0833. The number of carbonyl (C=O) groups excluding carboxylic acids is 1. The smallest absolute Gasteiger partial charge is 0.262 e. The molecule has 1 aromatic rings. The Morgan fingerprint density at radius 2 is 2.27 bits per heavy atom. The monoisotopic (exact) mass is 363 g/mol. The molecule has 0 bridgehead atoms. The number of amides is 1. The fourth-order valence-corrected chi connectivity index (χ4v) is 3.74.